The molecule has 0 atom stereocenters. The molecule has 2 heterocycles. The lowest BCUT2D eigenvalue weighted by Gasteiger charge is -2.37. The van der Waals surface area contributed by atoms with Crippen LogP contribution in [0, 0.1) is 20.8 Å². The summed E-state index contributed by atoms with van der Waals surface area (Å²) in [5.41, 5.74) is 3.48. The van der Waals surface area contributed by atoms with Crippen molar-refractivity contribution >= 4 is 11.5 Å². The maximum atomic E-state index is 5.32. The van der Waals surface area contributed by atoms with Gasteiger partial charge in [-0.05, 0) is 32.9 Å². The van der Waals surface area contributed by atoms with E-state index in [0.717, 1.165) is 49.3 Å². The van der Waals surface area contributed by atoms with Gasteiger partial charge in [-0.1, -0.05) is 6.07 Å². The van der Waals surface area contributed by atoms with Gasteiger partial charge < -0.3 is 14.5 Å². The molecule has 0 radical (unpaired) electrons. The largest absolute Gasteiger partial charge is 0.497 e. The van der Waals surface area contributed by atoms with E-state index < -0.39 is 0 Å². The van der Waals surface area contributed by atoms with Crippen molar-refractivity contribution in [3.05, 3.63) is 41.3 Å². The van der Waals surface area contributed by atoms with Crippen molar-refractivity contribution in [2.24, 2.45) is 0 Å². The monoisotopic (exact) mass is 312 g/mol. The quantitative estimate of drug-likeness (QED) is 0.872. The number of aryl methyl sites for hydroxylation is 2. The minimum Gasteiger partial charge on any atom is -0.497 e. The molecule has 1 aromatic carbocycles. The highest BCUT2D eigenvalue weighted by Gasteiger charge is 2.21. The average Bonchev–Trinajstić information content (AvgIpc) is 2.58. The minimum absolute atomic E-state index is 0.846. The molecule has 1 aliphatic rings. The van der Waals surface area contributed by atoms with E-state index in [1.54, 1.807) is 7.11 Å². The van der Waals surface area contributed by atoms with Crippen LogP contribution in [0.5, 0.6) is 5.75 Å². The van der Waals surface area contributed by atoms with Crippen LogP contribution in [0.2, 0.25) is 0 Å². The summed E-state index contributed by atoms with van der Waals surface area (Å²) < 4.78 is 5.32. The van der Waals surface area contributed by atoms with Gasteiger partial charge >= 0.3 is 0 Å². The Morgan fingerprint density at radius 3 is 2.35 bits per heavy atom. The minimum atomic E-state index is 0.846. The first-order valence-corrected chi connectivity index (χ1v) is 8.04. The molecule has 1 saturated heterocycles. The van der Waals surface area contributed by atoms with Crippen molar-refractivity contribution in [2.75, 3.05) is 43.1 Å². The third-order valence-electron chi connectivity index (χ3n) is 4.47. The molecule has 5 nitrogen and oxygen atoms in total. The van der Waals surface area contributed by atoms with Gasteiger partial charge in [0, 0.05) is 49.2 Å². The standard InChI is InChI=1S/C18H24N4O/c1-13-14(2)19-15(3)20-18(13)22-10-8-21(9-11-22)16-6-5-7-17(12-16)23-4/h5-7,12H,8-11H2,1-4H3. The van der Waals surface area contributed by atoms with Crippen LogP contribution in [-0.2, 0) is 0 Å². The molecule has 0 spiro atoms. The second-order valence-corrected chi connectivity index (χ2v) is 5.98. The summed E-state index contributed by atoms with van der Waals surface area (Å²) in [5.74, 6) is 2.83. The van der Waals surface area contributed by atoms with Gasteiger partial charge in [0.25, 0.3) is 0 Å². The predicted octanol–water partition coefficient (Wildman–Crippen LogP) is 2.74. The molecular weight excluding hydrogens is 288 g/mol. The number of benzene rings is 1. The lowest BCUT2D eigenvalue weighted by molar-refractivity contribution is 0.414. The summed E-state index contributed by atoms with van der Waals surface area (Å²) in [4.78, 5) is 13.9. The van der Waals surface area contributed by atoms with E-state index in [1.165, 1.54) is 11.3 Å². The number of piperazine rings is 1. The zero-order chi connectivity index (χ0) is 16.4. The lowest BCUT2D eigenvalue weighted by Crippen LogP contribution is -2.47. The zero-order valence-electron chi connectivity index (χ0n) is 14.3. The van der Waals surface area contributed by atoms with Gasteiger partial charge in [-0.25, -0.2) is 9.97 Å². The van der Waals surface area contributed by atoms with E-state index in [-0.39, 0.29) is 0 Å². The number of nitrogens with zero attached hydrogens (tertiary/aromatic N) is 4. The third-order valence-corrected chi connectivity index (χ3v) is 4.47. The molecule has 3 rings (SSSR count). The van der Waals surface area contributed by atoms with Crippen LogP contribution >= 0.6 is 0 Å². The zero-order valence-corrected chi connectivity index (χ0v) is 14.3. The lowest BCUT2D eigenvalue weighted by atomic mass is 10.2. The molecule has 122 valence electrons. The molecule has 0 aliphatic carbocycles. The summed E-state index contributed by atoms with van der Waals surface area (Å²) in [5, 5.41) is 0. The average molecular weight is 312 g/mol. The van der Waals surface area contributed by atoms with Crippen molar-refractivity contribution in [3.8, 4) is 5.75 Å². The molecule has 2 aromatic rings. The van der Waals surface area contributed by atoms with Crippen LogP contribution in [0.3, 0.4) is 0 Å². The van der Waals surface area contributed by atoms with E-state index >= 15 is 0 Å². The van der Waals surface area contributed by atoms with Gasteiger partial charge in [-0.2, -0.15) is 0 Å². The Kier molecular flexibility index (Phi) is 4.37. The second-order valence-electron chi connectivity index (χ2n) is 5.98. The molecule has 1 fully saturated rings. The Bertz CT molecular complexity index is 693. The fourth-order valence-electron chi connectivity index (χ4n) is 3.04. The fraction of sp³-hybridized carbons (Fsp3) is 0.444. The van der Waals surface area contributed by atoms with Gasteiger partial charge in [0.2, 0.25) is 0 Å². The molecule has 0 amide bonds. The Morgan fingerprint density at radius 2 is 1.65 bits per heavy atom. The van der Waals surface area contributed by atoms with Gasteiger partial charge in [0.05, 0.1) is 7.11 Å². The van der Waals surface area contributed by atoms with Crippen LogP contribution < -0.4 is 14.5 Å². The molecular formula is C18H24N4O. The van der Waals surface area contributed by atoms with Crippen molar-refractivity contribution in [1.82, 2.24) is 9.97 Å². The molecule has 23 heavy (non-hydrogen) atoms. The summed E-state index contributed by atoms with van der Waals surface area (Å²) in [6, 6.07) is 8.26. The number of methoxy groups -OCH3 is 1. The first kappa shape index (κ1) is 15.6. The van der Waals surface area contributed by atoms with Crippen LogP contribution in [0.1, 0.15) is 17.1 Å². The van der Waals surface area contributed by atoms with Gasteiger partial charge in [-0.3, -0.25) is 0 Å². The Hall–Kier alpha value is -2.30. The highest BCUT2D eigenvalue weighted by Crippen LogP contribution is 2.25. The summed E-state index contributed by atoms with van der Waals surface area (Å²) in [6.07, 6.45) is 0. The Labute approximate surface area is 137 Å². The van der Waals surface area contributed by atoms with E-state index in [9.17, 15) is 0 Å². The summed E-state index contributed by atoms with van der Waals surface area (Å²) in [7, 11) is 1.71. The molecule has 0 N–H and O–H groups in total. The predicted molar refractivity (Wildman–Crippen MR) is 93.7 cm³/mol. The maximum Gasteiger partial charge on any atom is 0.135 e. The van der Waals surface area contributed by atoms with Crippen molar-refractivity contribution in [1.29, 1.82) is 0 Å². The summed E-state index contributed by atoms with van der Waals surface area (Å²) >= 11 is 0. The molecule has 1 aromatic heterocycles. The van der Waals surface area contributed by atoms with Gasteiger partial charge in [-0.15, -0.1) is 0 Å². The molecule has 5 heteroatoms. The van der Waals surface area contributed by atoms with Gasteiger partial charge in [0.1, 0.15) is 17.4 Å². The SMILES string of the molecule is COc1cccc(N2CCN(c3nc(C)nc(C)c3C)CC2)c1. The first-order chi connectivity index (χ1) is 11.1. The van der Waals surface area contributed by atoms with E-state index in [2.05, 4.69) is 45.7 Å². The van der Waals surface area contributed by atoms with Crippen LogP contribution in [-0.4, -0.2) is 43.3 Å². The van der Waals surface area contributed by atoms with Crippen LogP contribution in [0.15, 0.2) is 24.3 Å². The van der Waals surface area contributed by atoms with E-state index in [1.807, 2.05) is 19.1 Å². The summed E-state index contributed by atoms with van der Waals surface area (Å²) in [6.45, 7) is 10.0. The number of hydrogen-bond donors (Lipinski definition) is 0. The molecule has 0 saturated carbocycles. The molecule has 1 aliphatic heterocycles. The number of hydrogen-bond acceptors (Lipinski definition) is 5. The Balaban J connectivity index is 1.73. The highest BCUT2D eigenvalue weighted by molar-refractivity contribution is 5.54. The number of anilines is 2. The van der Waals surface area contributed by atoms with E-state index in [4.69, 9.17) is 4.74 Å². The van der Waals surface area contributed by atoms with Crippen molar-refractivity contribution in [2.45, 2.75) is 20.8 Å². The third kappa shape index (κ3) is 3.23. The van der Waals surface area contributed by atoms with Crippen LogP contribution in [0.25, 0.3) is 0 Å². The number of rotatable bonds is 3. The smallest absolute Gasteiger partial charge is 0.135 e. The molecule has 0 bridgehead atoms. The van der Waals surface area contributed by atoms with Crippen molar-refractivity contribution in [3.63, 3.8) is 0 Å². The normalized spacial score (nSPS) is 15.0. The topological polar surface area (TPSA) is 41.5 Å². The second kappa shape index (κ2) is 6.44. The number of ether oxygens (including phenoxy) is 1. The van der Waals surface area contributed by atoms with Crippen LogP contribution in [0.4, 0.5) is 11.5 Å². The van der Waals surface area contributed by atoms with E-state index in [0.29, 0.717) is 0 Å². The number of aromatic nitrogens is 2. The Morgan fingerprint density at radius 1 is 0.957 bits per heavy atom. The maximum absolute atomic E-state index is 5.32. The fourth-order valence-corrected chi connectivity index (χ4v) is 3.04. The van der Waals surface area contributed by atoms with Gasteiger partial charge in [0.15, 0.2) is 0 Å². The highest BCUT2D eigenvalue weighted by atomic mass is 16.5. The first-order valence-electron chi connectivity index (χ1n) is 8.04. The molecule has 0 unspecified atom stereocenters. The van der Waals surface area contributed by atoms with Crippen molar-refractivity contribution < 1.29 is 4.74 Å².